The molecule has 2 aromatic carbocycles. The zero-order valence-electron chi connectivity index (χ0n) is 25.4. The molecule has 0 spiro atoms. The van der Waals surface area contributed by atoms with Gasteiger partial charge in [-0.1, -0.05) is 48.5 Å². The molecule has 8 nitrogen and oxygen atoms in total. The minimum Gasteiger partial charge on any atom is -0.368 e. The molecule has 4 saturated carbocycles. The largest absolute Gasteiger partial charge is 0.368 e. The van der Waals surface area contributed by atoms with Crippen LogP contribution in [0.15, 0.2) is 65.7 Å². The highest BCUT2D eigenvalue weighted by atomic mass is 32.2. The first kappa shape index (κ1) is 29.5. The lowest BCUT2D eigenvalue weighted by Gasteiger charge is -2.60. The summed E-state index contributed by atoms with van der Waals surface area (Å²) in [5.74, 6) is 3.34. The van der Waals surface area contributed by atoms with Crippen molar-refractivity contribution in [2.75, 3.05) is 36.6 Å². The lowest BCUT2D eigenvalue weighted by molar-refractivity contribution is -0.216. The standard InChI is InChI=1S/C35H42N6O2S/c1-44-30-10-6-5-9-25(30)19-38-34-39-20-28(18-36)32(41-34)40-22-35-15-23-13-26(16-35)31(27(14-23)17-35)37-21-29-11-12-42-33(43-29)24-7-3-2-4-8-24/h2-10,20,23,26-27,29,31,33,37H,11-17,19,21-22H2,1H3,(H2,38,39,40,41)/t23?,26-,27?,29?,31?,33?,35?/m0/s1. The second-order valence-corrected chi connectivity index (χ2v) is 14.0. The second-order valence-electron chi connectivity index (χ2n) is 13.2. The average molecular weight is 611 g/mol. The van der Waals surface area contributed by atoms with Gasteiger partial charge in [0.15, 0.2) is 6.29 Å². The molecule has 2 heterocycles. The molecule has 1 aromatic heterocycles. The van der Waals surface area contributed by atoms with Crippen molar-refractivity contribution in [2.45, 2.75) is 68.4 Å². The highest BCUT2D eigenvalue weighted by Crippen LogP contribution is 2.60. The van der Waals surface area contributed by atoms with Gasteiger partial charge in [-0.05, 0) is 79.6 Å². The minimum absolute atomic E-state index is 0.168. The van der Waals surface area contributed by atoms with Crippen molar-refractivity contribution in [3.05, 3.63) is 77.5 Å². The smallest absolute Gasteiger partial charge is 0.224 e. The second kappa shape index (κ2) is 13.1. The lowest BCUT2D eigenvalue weighted by atomic mass is 9.48. The zero-order chi connectivity index (χ0) is 29.9. The van der Waals surface area contributed by atoms with Crippen LogP contribution in [0.3, 0.4) is 0 Å². The van der Waals surface area contributed by atoms with Crippen molar-refractivity contribution in [2.24, 2.45) is 23.2 Å². The van der Waals surface area contributed by atoms with Crippen molar-refractivity contribution in [3.63, 3.8) is 0 Å². The number of rotatable bonds is 11. The van der Waals surface area contributed by atoms with Crippen LogP contribution in [0.5, 0.6) is 0 Å². The topological polar surface area (TPSA) is 104 Å². The molecule has 5 aliphatic rings. The summed E-state index contributed by atoms with van der Waals surface area (Å²) in [7, 11) is 0. The molecule has 0 amide bonds. The van der Waals surface area contributed by atoms with Crippen LogP contribution in [0.4, 0.5) is 11.8 Å². The van der Waals surface area contributed by atoms with Crippen molar-refractivity contribution < 1.29 is 9.47 Å². The third kappa shape index (κ3) is 6.32. The maximum atomic E-state index is 9.81. The fraction of sp³-hybridized carbons (Fsp3) is 0.514. The van der Waals surface area contributed by atoms with Crippen molar-refractivity contribution >= 4 is 23.5 Å². The molecule has 5 fully saturated rings. The summed E-state index contributed by atoms with van der Waals surface area (Å²) >= 11 is 1.73. The van der Waals surface area contributed by atoms with Crippen LogP contribution in [0, 0.1) is 34.5 Å². The van der Waals surface area contributed by atoms with Gasteiger partial charge < -0.3 is 25.4 Å². The third-order valence-electron chi connectivity index (χ3n) is 10.2. The first-order chi connectivity index (χ1) is 21.6. The molecular formula is C35H42N6O2S. The summed E-state index contributed by atoms with van der Waals surface area (Å²) in [5, 5.41) is 20.8. The molecule has 0 radical (unpaired) electrons. The number of benzene rings is 2. The molecule has 230 valence electrons. The van der Waals surface area contributed by atoms with E-state index < -0.39 is 0 Å². The number of ether oxygens (including phenoxy) is 2. The van der Waals surface area contributed by atoms with E-state index in [-0.39, 0.29) is 17.8 Å². The molecule has 44 heavy (non-hydrogen) atoms. The highest BCUT2D eigenvalue weighted by molar-refractivity contribution is 7.98. The van der Waals surface area contributed by atoms with Crippen LogP contribution in [0.1, 0.15) is 61.5 Å². The molecule has 4 aliphatic carbocycles. The van der Waals surface area contributed by atoms with Crippen LogP contribution in [-0.4, -0.2) is 48.1 Å². The fourth-order valence-corrected chi connectivity index (χ4v) is 9.13. The van der Waals surface area contributed by atoms with Crippen molar-refractivity contribution in [1.82, 2.24) is 15.3 Å². The van der Waals surface area contributed by atoms with Gasteiger partial charge in [-0.25, -0.2) is 4.98 Å². The van der Waals surface area contributed by atoms with E-state index in [0.29, 0.717) is 41.8 Å². The molecule has 1 aliphatic heterocycles. The van der Waals surface area contributed by atoms with E-state index >= 15 is 0 Å². The molecule has 7 atom stereocenters. The van der Waals surface area contributed by atoms with Crippen LogP contribution in [0.2, 0.25) is 0 Å². The van der Waals surface area contributed by atoms with Crippen LogP contribution >= 0.6 is 11.8 Å². The van der Waals surface area contributed by atoms with Gasteiger partial charge >= 0.3 is 0 Å². The van der Waals surface area contributed by atoms with Crippen LogP contribution < -0.4 is 16.0 Å². The Kier molecular flexibility index (Phi) is 8.77. The van der Waals surface area contributed by atoms with Crippen LogP contribution in [0.25, 0.3) is 0 Å². The van der Waals surface area contributed by atoms with Gasteiger partial charge in [0.25, 0.3) is 0 Å². The molecule has 8 rings (SSSR count). The number of nitriles is 1. The van der Waals surface area contributed by atoms with Gasteiger partial charge in [0, 0.05) is 36.1 Å². The van der Waals surface area contributed by atoms with E-state index in [0.717, 1.165) is 37.6 Å². The van der Waals surface area contributed by atoms with Gasteiger partial charge in [0.05, 0.1) is 18.9 Å². The Balaban J connectivity index is 0.964. The quantitative estimate of drug-likeness (QED) is 0.213. The molecular weight excluding hydrogens is 568 g/mol. The Hall–Kier alpha value is -3.16. The molecule has 1 saturated heterocycles. The summed E-state index contributed by atoms with van der Waals surface area (Å²) in [6, 6.07) is 21.5. The van der Waals surface area contributed by atoms with Gasteiger partial charge in [0.1, 0.15) is 17.5 Å². The molecule has 4 bridgehead atoms. The molecule has 6 unspecified atom stereocenters. The summed E-state index contributed by atoms with van der Waals surface area (Å²) in [4.78, 5) is 10.4. The monoisotopic (exact) mass is 610 g/mol. The summed E-state index contributed by atoms with van der Waals surface area (Å²) < 4.78 is 12.3. The fourth-order valence-electron chi connectivity index (χ4n) is 8.51. The normalized spacial score (nSPS) is 30.5. The Labute approximate surface area is 264 Å². The first-order valence-electron chi connectivity index (χ1n) is 16.0. The van der Waals surface area contributed by atoms with Crippen LogP contribution in [-0.2, 0) is 16.0 Å². The SMILES string of the molecule is CSc1ccccc1CNc1ncc(C#N)c(NCC23CC4CC(C2)C(NCC2CCOC(c5ccccc5)O2)[C@@H](C4)C3)n1. The number of nitrogens with zero attached hydrogens (tertiary/aromatic N) is 3. The van der Waals surface area contributed by atoms with Crippen molar-refractivity contribution in [1.29, 1.82) is 5.26 Å². The zero-order valence-corrected chi connectivity index (χ0v) is 26.2. The summed E-state index contributed by atoms with van der Waals surface area (Å²) in [5.41, 5.74) is 3.05. The Bertz CT molecular complexity index is 1470. The molecule has 9 heteroatoms. The first-order valence-corrected chi connectivity index (χ1v) is 17.3. The maximum absolute atomic E-state index is 9.81. The third-order valence-corrected chi connectivity index (χ3v) is 11.1. The van der Waals surface area contributed by atoms with E-state index in [1.807, 2.05) is 18.2 Å². The predicted molar refractivity (Wildman–Crippen MR) is 173 cm³/mol. The van der Waals surface area contributed by atoms with Gasteiger partial charge in [-0.2, -0.15) is 10.2 Å². The Morgan fingerprint density at radius 3 is 2.61 bits per heavy atom. The number of aromatic nitrogens is 2. The van der Waals surface area contributed by atoms with Gasteiger partial charge in [-0.3, -0.25) is 0 Å². The summed E-state index contributed by atoms with van der Waals surface area (Å²) in [6.07, 6.45) is 10.9. The van der Waals surface area contributed by atoms with Gasteiger partial charge in [0.2, 0.25) is 5.95 Å². The number of hydrogen-bond donors (Lipinski definition) is 3. The van der Waals surface area contributed by atoms with E-state index in [4.69, 9.17) is 14.5 Å². The lowest BCUT2D eigenvalue weighted by Crippen LogP contribution is -2.60. The average Bonchev–Trinajstić information content (AvgIpc) is 3.06. The molecule has 3 N–H and O–H groups in total. The van der Waals surface area contributed by atoms with Gasteiger partial charge in [-0.15, -0.1) is 11.8 Å². The Morgan fingerprint density at radius 2 is 1.82 bits per heavy atom. The van der Waals surface area contributed by atoms with E-state index in [2.05, 4.69) is 69.7 Å². The van der Waals surface area contributed by atoms with E-state index in [1.54, 1.807) is 18.0 Å². The number of thioether (sulfide) groups is 1. The predicted octanol–water partition coefficient (Wildman–Crippen LogP) is 6.38. The van der Waals surface area contributed by atoms with E-state index in [9.17, 15) is 5.26 Å². The number of anilines is 2. The Morgan fingerprint density at radius 1 is 1.02 bits per heavy atom. The number of nitrogens with one attached hydrogen (secondary N) is 3. The van der Waals surface area contributed by atoms with E-state index in [1.165, 1.54) is 42.6 Å². The summed E-state index contributed by atoms with van der Waals surface area (Å²) in [6.45, 7) is 3.10. The number of hydrogen-bond acceptors (Lipinski definition) is 9. The van der Waals surface area contributed by atoms with Crippen molar-refractivity contribution in [3.8, 4) is 6.07 Å². The minimum atomic E-state index is -0.272. The highest BCUT2D eigenvalue weighted by Gasteiger charge is 2.55. The molecule has 3 aromatic rings. The maximum Gasteiger partial charge on any atom is 0.224 e.